The Morgan fingerprint density at radius 2 is 1.88 bits per heavy atom. The van der Waals surface area contributed by atoms with Crippen molar-refractivity contribution in [3.8, 4) is 17.2 Å². The molecule has 86 valence electrons. The molecule has 0 saturated carbocycles. The van der Waals surface area contributed by atoms with Crippen LogP contribution in [0.4, 0.5) is 0 Å². The van der Waals surface area contributed by atoms with E-state index in [-0.39, 0.29) is 46.8 Å². The predicted molar refractivity (Wildman–Crippen MR) is 56.6 cm³/mol. The van der Waals surface area contributed by atoms with Gasteiger partial charge in [0, 0.05) is 12.9 Å². The largest absolute Gasteiger partial charge is 2.00 e. The van der Waals surface area contributed by atoms with Crippen molar-refractivity contribution in [1.29, 1.82) is 0 Å². The molecule has 0 bridgehead atoms. The van der Waals surface area contributed by atoms with Crippen molar-refractivity contribution >= 4 is 23.1 Å². The van der Waals surface area contributed by atoms with Crippen LogP contribution in [0.1, 0.15) is 0 Å². The summed E-state index contributed by atoms with van der Waals surface area (Å²) in [5.74, 6) is 1.75. The first kappa shape index (κ1) is 18.2. The number of benzene rings is 1. The number of rotatable bonds is 5. The van der Waals surface area contributed by atoms with Crippen LogP contribution < -0.4 is 31.2 Å². The Morgan fingerprint density at radius 3 is 2.38 bits per heavy atom. The molecule has 0 radical (unpaired) electrons. The van der Waals surface area contributed by atoms with Crippen LogP contribution in [0.3, 0.4) is 0 Å². The molecule has 0 fully saturated rings. The van der Waals surface area contributed by atoms with Gasteiger partial charge in [0.25, 0.3) is 0 Å². The molecule has 1 rings (SSSR count). The number of methoxy groups -OCH3 is 3. The molecule has 0 aliphatic heterocycles. The summed E-state index contributed by atoms with van der Waals surface area (Å²) >= 11 is 0. The van der Waals surface area contributed by atoms with Crippen LogP contribution in [-0.4, -0.2) is 51.2 Å². The summed E-state index contributed by atoms with van der Waals surface area (Å²) in [6, 6.07) is 6.29. The predicted octanol–water partition coefficient (Wildman–Crippen LogP) is -1.89. The maximum atomic E-state index is 5.22. The van der Waals surface area contributed by atoms with E-state index in [4.69, 9.17) is 18.9 Å². The third-order valence-electron chi connectivity index (χ3n) is 1.62. The van der Waals surface area contributed by atoms with E-state index < -0.39 is 0 Å². The molecule has 0 amide bonds. The minimum Gasteiger partial charge on any atom is -1.00 e. The van der Waals surface area contributed by atoms with Gasteiger partial charge in [0.2, 0.25) is 0 Å². The van der Waals surface area contributed by atoms with Gasteiger partial charge < -0.3 is 35.9 Å². The van der Waals surface area contributed by atoms with Crippen LogP contribution in [0.2, 0.25) is 0 Å². The van der Waals surface area contributed by atoms with E-state index in [9.17, 15) is 0 Å². The van der Waals surface area contributed by atoms with Crippen LogP contribution in [0.15, 0.2) is 12.1 Å². The van der Waals surface area contributed by atoms with Gasteiger partial charge in [0.05, 0.1) is 25.7 Å². The molecule has 0 spiro atoms. The van der Waals surface area contributed by atoms with Gasteiger partial charge >= 0.3 is 23.1 Å². The summed E-state index contributed by atoms with van der Waals surface area (Å²) in [4.78, 5) is 0. The Hall–Kier alpha value is -0.174. The Labute approximate surface area is 122 Å². The van der Waals surface area contributed by atoms with Crippen LogP contribution in [0.25, 0.3) is 0 Å². The van der Waals surface area contributed by atoms with E-state index in [2.05, 4.69) is 6.07 Å². The molecule has 0 heterocycles. The summed E-state index contributed by atoms with van der Waals surface area (Å²) in [6.07, 6.45) is 0. The van der Waals surface area contributed by atoms with Crippen molar-refractivity contribution in [3.05, 3.63) is 18.2 Å². The third-order valence-corrected chi connectivity index (χ3v) is 1.62. The molecule has 0 atom stereocenters. The van der Waals surface area contributed by atoms with E-state index in [1.807, 2.05) is 0 Å². The SMILES string of the molecule is COCOc1[c-]cc(OC)cc1OC.[Br-].[Mg+2]. The maximum absolute atomic E-state index is 5.22. The molecule has 1 aromatic rings. The quantitative estimate of drug-likeness (QED) is 0.362. The van der Waals surface area contributed by atoms with Crippen molar-refractivity contribution in [2.45, 2.75) is 0 Å². The standard InChI is InChI=1S/C10H13O4.BrH.Mg/c1-11-7-14-9-5-4-8(12-2)6-10(9)13-3;;/h4,6H,7H2,1-3H3;1H;/q-1;;+2/p-1. The second-order valence-corrected chi connectivity index (χ2v) is 2.49. The van der Waals surface area contributed by atoms with E-state index in [0.717, 1.165) is 0 Å². The molecular weight excluding hydrogens is 288 g/mol. The first-order valence-corrected chi connectivity index (χ1v) is 4.07. The Balaban J connectivity index is 0. The normalized spacial score (nSPS) is 8.44. The molecular formula is C10H13BrMgO4. The minimum absolute atomic E-state index is 0. The molecule has 0 N–H and O–H groups in total. The second kappa shape index (κ2) is 10.0. The smallest absolute Gasteiger partial charge is 1.00 e. The fourth-order valence-electron chi connectivity index (χ4n) is 0.944. The average Bonchev–Trinajstić information content (AvgIpc) is 2.26. The fourth-order valence-corrected chi connectivity index (χ4v) is 0.944. The molecule has 4 nitrogen and oxygen atoms in total. The maximum Gasteiger partial charge on any atom is 2.00 e. The summed E-state index contributed by atoms with van der Waals surface area (Å²) < 4.78 is 20.1. The molecule has 0 aromatic heterocycles. The van der Waals surface area contributed by atoms with Gasteiger partial charge in [-0.2, -0.15) is 0 Å². The zero-order valence-electron chi connectivity index (χ0n) is 9.58. The summed E-state index contributed by atoms with van der Waals surface area (Å²) in [5, 5.41) is 0. The van der Waals surface area contributed by atoms with Crippen LogP contribution in [0.5, 0.6) is 17.2 Å². The van der Waals surface area contributed by atoms with Gasteiger partial charge in [-0.25, -0.2) is 0 Å². The van der Waals surface area contributed by atoms with Gasteiger partial charge in [0.15, 0.2) is 6.79 Å². The van der Waals surface area contributed by atoms with E-state index >= 15 is 0 Å². The summed E-state index contributed by atoms with van der Waals surface area (Å²) in [7, 11) is 4.69. The molecule has 16 heavy (non-hydrogen) atoms. The number of halogens is 1. The molecule has 6 heteroatoms. The third kappa shape index (κ3) is 5.24. The van der Waals surface area contributed by atoms with Gasteiger partial charge in [-0.05, 0) is 0 Å². The monoisotopic (exact) mass is 300 g/mol. The van der Waals surface area contributed by atoms with E-state index in [0.29, 0.717) is 17.2 Å². The number of hydrogen-bond acceptors (Lipinski definition) is 4. The van der Waals surface area contributed by atoms with Gasteiger partial charge in [-0.15, -0.1) is 12.1 Å². The molecule has 0 saturated heterocycles. The van der Waals surface area contributed by atoms with Crippen molar-refractivity contribution in [2.75, 3.05) is 28.1 Å². The minimum atomic E-state index is 0. The van der Waals surface area contributed by atoms with Gasteiger partial charge in [-0.3, -0.25) is 0 Å². The Morgan fingerprint density at radius 1 is 1.19 bits per heavy atom. The number of hydrogen-bond donors (Lipinski definition) is 0. The Kier molecular flexibility index (Phi) is 11.4. The topological polar surface area (TPSA) is 36.9 Å². The van der Waals surface area contributed by atoms with Crippen molar-refractivity contribution in [2.24, 2.45) is 0 Å². The first-order chi connectivity index (χ1) is 6.81. The van der Waals surface area contributed by atoms with Crippen molar-refractivity contribution in [3.63, 3.8) is 0 Å². The van der Waals surface area contributed by atoms with Crippen LogP contribution in [0, 0.1) is 6.07 Å². The summed E-state index contributed by atoms with van der Waals surface area (Å²) in [6.45, 7) is 0.166. The zero-order valence-corrected chi connectivity index (χ0v) is 12.6. The fraction of sp³-hybridized carbons (Fsp3) is 0.400. The second-order valence-electron chi connectivity index (χ2n) is 2.49. The molecule has 1 aromatic carbocycles. The van der Waals surface area contributed by atoms with Crippen LogP contribution in [-0.2, 0) is 4.74 Å². The van der Waals surface area contributed by atoms with Gasteiger partial charge in [-0.1, -0.05) is 6.07 Å². The van der Waals surface area contributed by atoms with Crippen molar-refractivity contribution < 1.29 is 35.9 Å². The Bertz CT molecular complexity index is 296. The molecule has 0 unspecified atom stereocenters. The van der Waals surface area contributed by atoms with Crippen LogP contribution >= 0.6 is 0 Å². The molecule has 0 aliphatic carbocycles. The molecule has 0 aliphatic rings. The van der Waals surface area contributed by atoms with Gasteiger partial charge in [0.1, 0.15) is 0 Å². The average molecular weight is 301 g/mol. The number of ether oxygens (including phenoxy) is 4. The van der Waals surface area contributed by atoms with E-state index in [1.165, 1.54) is 0 Å². The first-order valence-electron chi connectivity index (χ1n) is 4.07. The zero-order chi connectivity index (χ0) is 10.4. The van der Waals surface area contributed by atoms with Crippen molar-refractivity contribution in [1.82, 2.24) is 0 Å². The van der Waals surface area contributed by atoms with E-state index in [1.54, 1.807) is 33.5 Å². The summed E-state index contributed by atoms with van der Waals surface area (Å²) in [5.41, 5.74) is 0.